The highest BCUT2D eigenvalue weighted by Gasteiger charge is 2.22. The van der Waals surface area contributed by atoms with Gasteiger partial charge in [0.1, 0.15) is 11.4 Å². The zero-order valence-electron chi connectivity index (χ0n) is 14.6. The Bertz CT molecular complexity index is 718. The van der Waals surface area contributed by atoms with Crippen molar-refractivity contribution in [2.24, 2.45) is 11.1 Å². The Balaban J connectivity index is 2.14. The van der Waals surface area contributed by atoms with E-state index in [1.54, 1.807) is 24.3 Å². The van der Waals surface area contributed by atoms with E-state index in [9.17, 15) is 9.70 Å². The van der Waals surface area contributed by atoms with Crippen LogP contribution in [0.5, 0.6) is 5.75 Å². The Morgan fingerprint density at radius 2 is 1.71 bits per heavy atom. The molecule has 0 aromatic heterocycles. The lowest BCUT2D eigenvalue weighted by Crippen LogP contribution is -2.19. The zero-order chi connectivity index (χ0) is 17.7. The fraction of sp³-hybridized carbons (Fsp3) is 0.350. The van der Waals surface area contributed by atoms with Gasteiger partial charge in [-0.2, -0.15) is 0 Å². The molecular weight excluding hydrogens is 302 g/mol. The number of carbonyl (C=O) groups is 1. The highest BCUT2D eigenvalue weighted by Crippen LogP contribution is 2.31. The van der Waals surface area contributed by atoms with Crippen molar-refractivity contribution in [3.05, 3.63) is 64.6 Å². The first-order chi connectivity index (χ1) is 11.3. The van der Waals surface area contributed by atoms with E-state index in [2.05, 4.69) is 32.9 Å². The number of nitrogens with zero attached hydrogens (tertiary/aromatic N) is 1. The van der Waals surface area contributed by atoms with Gasteiger partial charge in [-0.05, 0) is 52.8 Å². The van der Waals surface area contributed by atoms with Gasteiger partial charge >= 0.3 is 5.97 Å². The first-order valence-electron chi connectivity index (χ1n) is 8.08. The summed E-state index contributed by atoms with van der Waals surface area (Å²) in [6.07, 6.45) is 1.07. The number of ether oxygens (including phenoxy) is 1. The number of hydrogen-bond acceptors (Lipinski definition) is 4. The fourth-order valence-electron chi connectivity index (χ4n) is 3.00. The highest BCUT2D eigenvalue weighted by molar-refractivity contribution is 5.96. The van der Waals surface area contributed by atoms with Gasteiger partial charge in [-0.25, -0.2) is 4.79 Å². The molecule has 0 saturated heterocycles. The summed E-state index contributed by atoms with van der Waals surface area (Å²) in [5.41, 5.74) is 1.50. The average molecular weight is 325 g/mol. The Hall–Kier alpha value is -2.49. The second kappa shape index (κ2) is 7.39. The molecule has 0 fully saturated rings. The SMILES string of the molecule is CC(C)CC(C)(C)c1ccc(OC(=O)c2ccccc2N=O)cc1. The summed E-state index contributed by atoms with van der Waals surface area (Å²) in [5.74, 6) is 0.467. The van der Waals surface area contributed by atoms with Crippen molar-refractivity contribution in [1.29, 1.82) is 0 Å². The van der Waals surface area contributed by atoms with E-state index in [4.69, 9.17) is 4.74 Å². The summed E-state index contributed by atoms with van der Waals surface area (Å²) in [6, 6.07) is 13.9. The molecule has 0 heterocycles. The summed E-state index contributed by atoms with van der Waals surface area (Å²) < 4.78 is 5.35. The third-order valence-electron chi connectivity index (χ3n) is 3.99. The van der Waals surface area contributed by atoms with Crippen molar-refractivity contribution >= 4 is 11.7 Å². The summed E-state index contributed by atoms with van der Waals surface area (Å²) in [4.78, 5) is 23.0. The molecule has 126 valence electrons. The van der Waals surface area contributed by atoms with Gasteiger partial charge in [-0.1, -0.05) is 52.0 Å². The molecule has 0 bridgehead atoms. The van der Waals surface area contributed by atoms with Crippen LogP contribution in [0.4, 0.5) is 5.69 Å². The van der Waals surface area contributed by atoms with E-state index in [1.807, 2.05) is 12.1 Å². The van der Waals surface area contributed by atoms with Crippen LogP contribution in [0.25, 0.3) is 0 Å². The second-order valence-electron chi connectivity index (χ2n) is 7.00. The van der Waals surface area contributed by atoms with E-state index in [0.717, 1.165) is 6.42 Å². The normalized spacial score (nSPS) is 11.4. The van der Waals surface area contributed by atoms with Gasteiger partial charge in [0, 0.05) is 0 Å². The smallest absolute Gasteiger partial charge is 0.345 e. The lowest BCUT2D eigenvalue weighted by Gasteiger charge is -2.27. The van der Waals surface area contributed by atoms with Crippen LogP contribution in [-0.2, 0) is 5.41 Å². The molecule has 0 atom stereocenters. The van der Waals surface area contributed by atoms with E-state index < -0.39 is 5.97 Å². The average Bonchev–Trinajstić information content (AvgIpc) is 2.54. The molecule has 0 radical (unpaired) electrons. The maximum atomic E-state index is 12.2. The second-order valence-corrected chi connectivity index (χ2v) is 7.00. The van der Waals surface area contributed by atoms with Gasteiger partial charge in [0.2, 0.25) is 0 Å². The minimum absolute atomic E-state index is 0.0603. The third-order valence-corrected chi connectivity index (χ3v) is 3.99. The summed E-state index contributed by atoms with van der Waals surface area (Å²) in [5, 5.41) is 2.86. The molecule has 0 amide bonds. The van der Waals surface area contributed by atoms with Gasteiger partial charge in [0.15, 0.2) is 0 Å². The Kier molecular flexibility index (Phi) is 5.50. The largest absolute Gasteiger partial charge is 0.423 e. The summed E-state index contributed by atoms with van der Waals surface area (Å²) in [7, 11) is 0. The quantitative estimate of drug-likeness (QED) is 0.393. The first kappa shape index (κ1) is 17.9. The van der Waals surface area contributed by atoms with Crippen molar-refractivity contribution in [3.8, 4) is 5.75 Å². The van der Waals surface area contributed by atoms with Gasteiger partial charge in [-0.3, -0.25) is 0 Å². The molecule has 0 spiro atoms. The van der Waals surface area contributed by atoms with Gasteiger partial charge in [-0.15, -0.1) is 4.91 Å². The summed E-state index contributed by atoms with van der Waals surface area (Å²) >= 11 is 0. The van der Waals surface area contributed by atoms with Crippen LogP contribution < -0.4 is 4.74 Å². The number of hydrogen-bond donors (Lipinski definition) is 0. The van der Waals surface area contributed by atoms with Crippen LogP contribution in [0.3, 0.4) is 0 Å². The maximum Gasteiger partial charge on any atom is 0.345 e. The maximum absolute atomic E-state index is 12.2. The Morgan fingerprint density at radius 1 is 1.08 bits per heavy atom. The molecule has 0 aliphatic rings. The van der Waals surface area contributed by atoms with E-state index in [-0.39, 0.29) is 16.7 Å². The number of benzene rings is 2. The van der Waals surface area contributed by atoms with Crippen LogP contribution in [-0.4, -0.2) is 5.97 Å². The minimum atomic E-state index is -0.584. The van der Waals surface area contributed by atoms with Crippen LogP contribution in [0.15, 0.2) is 53.7 Å². The number of nitroso groups, excluding NO2 is 1. The molecule has 0 aliphatic carbocycles. The lowest BCUT2D eigenvalue weighted by molar-refractivity contribution is 0.0735. The number of carbonyl (C=O) groups excluding carboxylic acids is 1. The molecule has 0 N–H and O–H groups in total. The van der Waals surface area contributed by atoms with Gasteiger partial charge < -0.3 is 4.74 Å². The van der Waals surface area contributed by atoms with Crippen molar-refractivity contribution < 1.29 is 9.53 Å². The van der Waals surface area contributed by atoms with E-state index in [0.29, 0.717) is 11.7 Å². The Labute approximate surface area is 142 Å². The molecule has 2 aromatic carbocycles. The van der Waals surface area contributed by atoms with Crippen molar-refractivity contribution in [1.82, 2.24) is 0 Å². The first-order valence-corrected chi connectivity index (χ1v) is 8.08. The monoisotopic (exact) mass is 325 g/mol. The predicted octanol–water partition coefficient (Wildman–Crippen LogP) is 5.63. The predicted molar refractivity (Wildman–Crippen MR) is 95.8 cm³/mol. The lowest BCUT2D eigenvalue weighted by atomic mass is 9.78. The highest BCUT2D eigenvalue weighted by atomic mass is 16.5. The fourth-order valence-corrected chi connectivity index (χ4v) is 3.00. The summed E-state index contributed by atoms with van der Waals surface area (Å²) in [6.45, 7) is 8.83. The van der Waals surface area contributed by atoms with E-state index >= 15 is 0 Å². The number of rotatable bonds is 6. The molecule has 2 rings (SSSR count). The Morgan fingerprint density at radius 3 is 2.29 bits per heavy atom. The molecular formula is C20H23NO3. The molecule has 0 saturated carbocycles. The molecule has 4 heteroatoms. The van der Waals surface area contributed by atoms with Crippen molar-refractivity contribution in [3.63, 3.8) is 0 Å². The van der Waals surface area contributed by atoms with Crippen LogP contribution in [0, 0.1) is 10.8 Å². The standard InChI is InChI=1S/C20H23NO3/c1-14(2)13-20(3,4)15-9-11-16(12-10-15)24-19(22)17-7-5-6-8-18(17)21-23/h5-12,14H,13H2,1-4H3. The number of esters is 1. The van der Waals surface area contributed by atoms with Crippen LogP contribution >= 0.6 is 0 Å². The zero-order valence-corrected chi connectivity index (χ0v) is 14.6. The van der Waals surface area contributed by atoms with Crippen molar-refractivity contribution in [2.75, 3.05) is 0 Å². The van der Waals surface area contributed by atoms with E-state index in [1.165, 1.54) is 17.7 Å². The third kappa shape index (κ3) is 4.28. The van der Waals surface area contributed by atoms with Crippen LogP contribution in [0.2, 0.25) is 0 Å². The van der Waals surface area contributed by atoms with Gasteiger partial charge in [0.05, 0.1) is 5.56 Å². The molecule has 0 unspecified atom stereocenters. The molecule has 4 nitrogen and oxygen atoms in total. The van der Waals surface area contributed by atoms with Gasteiger partial charge in [0.25, 0.3) is 0 Å². The van der Waals surface area contributed by atoms with Crippen LogP contribution in [0.1, 0.15) is 50.0 Å². The van der Waals surface area contributed by atoms with Crippen molar-refractivity contribution in [2.45, 2.75) is 39.5 Å². The topological polar surface area (TPSA) is 55.7 Å². The molecule has 24 heavy (non-hydrogen) atoms. The minimum Gasteiger partial charge on any atom is -0.423 e. The molecule has 2 aromatic rings. The molecule has 0 aliphatic heterocycles.